The molecule has 0 aliphatic heterocycles. The molecule has 18 heavy (non-hydrogen) atoms. The molecule has 100 valence electrons. The Morgan fingerprint density at radius 2 is 2.11 bits per heavy atom. The number of esters is 1. The molecule has 1 N–H and O–H groups in total. The highest BCUT2D eigenvalue weighted by Gasteiger charge is 2.26. The van der Waals surface area contributed by atoms with Crippen molar-refractivity contribution in [3.8, 4) is 0 Å². The highest BCUT2D eigenvalue weighted by Crippen LogP contribution is 2.34. The standard InChI is InChI=1S/C14H21NO3/c1-15-13(10-6-4-3-5-7-10)11-8-9-12(18-11)14(16)17-2/h8-10,13,15H,3-7H2,1-2H3. The number of hydrogen-bond donors (Lipinski definition) is 1. The zero-order valence-electron chi connectivity index (χ0n) is 11.1. The molecule has 2 rings (SSSR count). The van der Waals surface area contributed by atoms with E-state index in [0.29, 0.717) is 5.92 Å². The molecule has 1 aliphatic rings. The highest BCUT2D eigenvalue weighted by molar-refractivity contribution is 5.86. The number of rotatable bonds is 4. The molecular formula is C14H21NO3. The van der Waals surface area contributed by atoms with Crippen LogP contribution in [0.3, 0.4) is 0 Å². The third-order valence-corrected chi connectivity index (χ3v) is 3.75. The second-order valence-electron chi connectivity index (χ2n) is 4.86. The Bertz CT molecular complexity index is 393. The molecule has 4 nitrogen and oxygen atoms in total. The second-order valence-corrected chi connectivity index (χ2v) is 4.86. The minimum absolute atomic E-state index is 0.198. The maximum absolute atomic E-state index is 11.4. The van der Waals surface area contributed by atoms with Crippen LogP contribution in [-0.2, 0) is 4.74 Å². The van der Waals surface area contributed by atoms with Crippen molar-refractivity contribution in [1.82, 2.24) is 5.32 Å². The largest absolute Gasteiger partial charge is 0.463 e. The van der Waals surface area contributed by atoms with Crippen molar-refractivity contribution in [1.29, 1.82) is 0 Å². The van der Waals surface area contributed by atoms with E-state index in [4.69, 9.17) is 4.42 Å². The number of furan rings is 1. The number of carbonyl (C=O) groups is 1. The first-order valence-electron chi connectivity index (χ1n) is 6.61. The van der Waals surface area contributed by atoms with Crippen molar-refractivity contribution in [3.63, 3.8) is 0 Å². The van der Waals surface area contributed by atoms with Gasteiger partial charge in [0.15, 0.2) is 0 Å². The van der Waals surface area contributed by atoms with Gasteiger partial charge in [-0.2, -0.15) is 0 Å². The van der Waals surface area contributed by atoms with Crippen LogP contribution in [0, 0.1) is 5.92 Å². The van der Waals surface area contributed by atoms with Gasteiger partial charge in [0.2, 0.25) is 5.76 Å². The minimum atomic E-state index is -0.417. The van der Waals surface area contributed by atoms with Gasteiger partial charge in [-0.1, -0.05) is 19.3 Å². The molecule has 1 aromatic rings. The predicted molar refractivity (Wildman–Crippen MR) is 68.4 cm³/mol. The van der Waals surface area contributed by atoms with Crippen molar-refractivity contribution in [2.24, 2.45) is 5.92 Å². The van der Waals surface area contributed by atoms with Gasteiger partial charge in [-0.05, 0) is 37.9 Å². The number of nitrogens with one attached hydrogen (secondary N) is 1. The molecular weight excluding hydrogens is 230 g/mol. The Morgan fingerprint density at radius 1 is 1.39 bits per heavy atom. The van der Waals surface area contributed by atoms with E-state index in [-0.39, 0.29) is 11.8 Å². The van der Waals surface area contributed by atoms with E-state index in [9.17, 15) is 4.79 Å². The molecule has 1 saturated carbocycles. The van der Waals surface area contributed by atoms with Gasteiger partial charge in [0.25, 0.3) is 0 Å². The maximum Gasteiger partial charge on any atom is 0.373 e. The average Bonchev–Trinajstić information content (AvgIpc) is 2.89. The van der Waals surface area contributed by atoms with Crippen LogP contribution in [0.25, 0.3) is 0 Å². The van der Waals surface area contributed by atoms with E-state index in [2.05, 4.69) is 10.1 Å². The number of carbonyl (C=O) groups excluding carboxylic acids is 1. The number of ether oxygens (including phenoxy) is 1. The third kappa shape index (κ3) is 2.75. The smallest absolute Gasteiger partial charge is 0.373 e. The molecule has 1 atom stereocenters. The molecule has 4 heteroatoms. The minimum Gasteiger partial charge on any atom is -0.463 e. The second kappa shape index (κ2) is 6.05. The molecule has 1 fully saturated rings. The Hall–Kier alpha value is -1.29. The normalized spacial score (nSPS) is 18.6. The molecule has 1 heterocycles. The Labute approximate surface area is 108 Å². The SMILES string of the molecule is CNC(c1ccc(C(=O)OC)o1)C1CCCCC1. The first-order chi connectivity index (χ1) is 8.76. The van der Waals surface area contributed by atoms with E-state index < -0.39 is 5.97 Å². The van der Waals surface area contributed by atoms with E-state index >= 15 is 0 Å². The fourth-order valence-electron chi connectivity index (χ4n) is 2.81. The van der Waals surface area contributed by atoms with E-state index in [0.717, 1.165) is 5.76 Å². The topological polar surface area (TPSA) is 51.5 Å². The summed E-state index contributed by atoms with van der Waals surface area (Å²) in [6.45, 7) is 0. The van der Waals surface area contributed by atoms with Crippen molar-refractivity contribution in [3.05, 3.63) is 23.7 Å². The number of methoxy groups -OCH3 is 1. The van der Waals surface area contributed by atoms with Crippen LogP contribution in [0.4, 0.5) is 0 Å². The molecule has 1 aromatic heterocycles. The van der Waals surface area contributed by atoms with Crippen LogP contribution in [0.2, 0.25) is 0 Å². The maximum atomic E-state index is 11.4. The Morgan fingerprint density at radius 3 is 2.72 bits per heavy atom. The molecule has 0 bridgehead atoms. The molecule has 1 unspecified atom stereocenters. The summed E-state index contributed by atoms with van der Waals surface area (Å²) < 4.78 is 10.3. The molecule has 0 radical (unpaired) electrons. The van der Waals surface area contributed by atoms with Gasteiger partial charge >= 0.3 is 5.97 Å². The van der Waals surface area contributed by atoms with E-state index in [1.165, 1.54) is 39.2 Å². The van der Waals surface area contributed by atoms with Crippen LogP contribution in [0.5, 0.6) is 0 Å². The zero-order chi connectivity index (χ0) is 13.0. The van der Waals surface area contributed by atoms with Gasteiger partial charge in [-0.15, -0.1) is 0 Å². The average molecular weight is 251 g/mol. The van der Waals surface area contributed by atoms with Gasteiger partial charge in [-0.25, -0.2) is 4.79 Å². The first-order valence-corrected chi connectivity index (χ1v) is 6.61. The lowest BCUT2D eigenvalue weighted by Gasteiger charge is -2.28. The van der Waals surface area contributed by atoms with Crippen LogP contribution < -0.4 is 5.32 Å². The molecule has 0 amide bonds. The predicted octanol–water partition coefficient (Wildman–Crippen LogP) is 2.91. The van der Waals surface area contributed by atoms with Gasteiger partial charge in [0, 0.05) is 0 Å². The van der Waals surface area contributed by atoms with Crippen LogP contribution >= 0.6 is 0 Å². The molecule has 1 aliphatic carbocycles. The van der Waals surface area contributed by atoms with E-state index in [1.807, 2.05) is 13.1 Å². The first kappa shape index (κ1) is 13.1. The highest BCUT2D eigenvalue weighted by atomic mass is 16.5. The van der Waals surface area contributed by atoms with Crippen molar-refractivity contribution < 1.29 is 13.9 Å². The van der Waals surface area contributed by atoms with Gasteiger partial charge in [-0.3, -0.25) is 0 Å². The number of hydrogen-bond acceptors (Lipinski definition) is 4. The third-order valence-electron chi connectivity index (χ3n) is 3.75. The monoisotopic (exact) mass is 251 g/mol. The van der Waals surface area contributed by atoms with Gasteiger partial charge in [0.05, 0.1) is 13.2 Å². The molecule has 0 saturated heterocycles. The van der Waals surface area contributed by atoms with Crippen molar-refractivity contribution in [2.45, 2.75) is 38.1 Å². The summed E-state index contributed by atoms with van der Waals surface area (Å²) in [5.41, 5.74) is 0. The van der Waals surface area contributed by atoms with E-state index in [1.54, 1.807) is 6.07 Å². The summed E-state index contributed by atoms with van der Waals surface area (Å²) in [4.78, 5) is 11.4. The van der Waals surface area contributed by atoms with Gasteiger partial charge in [0.1, 0.15) is 5.76 Å². The quantitative estimate of drug-likeness (QED) is 0.836. The summed E-state index contributed by atoms with van der Waals surface area (Å²) in [6.07, 6.45) is 6.35. The molecule has 0 aromatic carbocycles. The fourth-order valence-corrected chi connectivity index (χ4v) is 2.81. The summed E-state index contributed by atoms with van der Waals surface area (Å²) in [6, 6.07) is 3.76. The van der Waals surface area contributed by atoms with Crippen LogP contribution in [0.1, 0.15) is 54.5 Å². The zero-order valence-corrected chi connectivity index (χ0v) is 11.1. The Balaban J connectivity index is 2.11. The van der Waals surface area contributed by atoms with Gasteiger partial charge < -0.3 is 14.5 Å². The van der Waals surface area contributed by atoms with Crippen molar-refractivity contribution >= 4 is 5.97 Å². The summed E-state index contributed by atoms with van der Waals surface area (Å²) in [5.74, 6) is 1.30. The van der Waals surface area contributed by atoms with Crippen LogP contribution in [0.15, 0.2) is 16.5 Å². The summed E-state index contributed by atoms with van der Waals surface area (Å²) in [7, 11) is 3.31. The fraction of sp³-hybridized carbons (Fsp3) is 0.643. The molecule has 0 spiro atoms. The van der Waals surface area contributed by atoms with Crippen molar-refractivity contribution in [2.75, 3.05) is 14.2 Å². The van der Waals surface area contributed by atoms with Crippen LogP contribution in [-0.4, -0.2) is 20.1 Å². The lowest BCUT2D eigenvalue weighted by atomic mass is 9.83. The Kier molecular flexibility index (Phi) is 4.42. The lowest BCUT2D eigenvalue weighted by molar-refractivity contribution is 0.0560. The summed E-state index contributed by atoms with van der Waals surface area (Å²) >= 11 is 0. The lowest BCUT2D eigenvalue weighted by Crippen LogP contribution is -2.26. The summed E-state index contributed by atoms with van der Waals surface area (Å²) in [5, 5.41) is 3.31.